The fourth-order valence-electron chi connectivity index (χ4n) is 3.53. The molecule has 164 valence electrons. The molecule has 6 nitrogen and oxygen atoms in total. The molecule has 2 aromatic rings. The van der Waals surface area contributed by atoms with Crippen LogP contribution >= 0.6 is 0 Å². The van der Waals surface area contributed by atoms with Gasteiger partial charge in [-0.25, -0.2) is 4.39 Å². The molecule has 2 aromatic carbocycles. The number of carbonyl (C=O) groups excluding carboxylic acids is 2. The van der Waals surface area contributed by atoms with E-state index in [1.54, 1.807) is 48.5 Å². The minimum absolute atomic E-state index is 0.0748. The first-order valence-corrected chi connectivity index (χ1v) is 10.2. The van der Waals surface area contributed by atoms with Gasteiger partial charge in [-0.05, 0) is 49.1 Å². The first-order valence-electron chi connectivity index (χ1n) is 10.2. The van der Waals surface area contributed by atoms with Gasteiger partial charge in [0.2, 0.25) is 5.91 Å². The SMILES string of the molecule is CC(F)(c1ccccc1)[C@@H](/C=C/[C@H]1CCC(O)N1)OC(=O)Cc1ccc(C(N)=O)cc1. The topological polar surface area (TPSA) is 102 Å². The molecular weight excluding hydrogens is 399 g/mol. The molecule has 4 N–H and O–H groups in total. The van der Waals surface area contributed by atoms with Gasteiger partial charge in [-0.15, -0.1) is 0 Å². The maximum Gasteiger partial charge on any atom is 0.310 e. The highest BCUT2D eigenvalue weighted by molar-refractivity contribution is 5.92. The highest BCUT2D eigenvalue weighted by Crippen LogP contribution is 2.32. The second-order valence-corrected chi connectivity index (χ2v) is 7.84. The number of aliphatic hydroxyl groups is 1. The van der Waals surface area contributed by atoms with Crippen molar-refractivity contribution in [2.75, 3.05) is 0 Å². The Bertz CT molecular complexity index is 928. The second-order valence-electron chi connectivity index (χ2n) is 7.84. The largest absolute Gasteiger partial charge is 0.454 e. The number of rotatable bonds is 8. The number of hydrogen-bond donors (Lipinski definition) is 3. The van der Waals surface area contributed by atoms with Crippen LogP contribution in [0, 0.1) is 0 Å². The lowest BCUT2D eigenvalue weighted by Crippen LogP contribution is -2.36. The van der Waals surface area contributed by atoms with E-state index < -0.39 is 29.9 Å². The predicted molar refractivity (Wildman–Crippen MR) is 115 cm³/mol. The van der Waals surface area contributed by atoms with Crippen LogP contribution in [0.3, 0.4) is 0 Å². The van der Waals surface area contributed by atoms with Crippen molar-refractivity contribution in [2.45, 2.75) is 50.2 Å². The van der Waals surface area contributed by atoms with Crippen molar-refractivity contribution in [3.8, 4) is 0 Å². The molecule has 2 unspecified atom stereocenters. The first-order chi connectivity index (χ1) is 14.8. The lowest BCUT2D eigenvalue weighted by molar-refractivity contribution is -0.153. The highest BCUT2D eigenvalue weighted by Gasteiger charge is 2.38. The molecular formula is C24H27FN2O4. The molecule has 7 heteroatoms. The van der Waals surface area contributed by atoms with E-state index in [0.29, 0.717) is 29.5 Å². The number of alkyl halides is 1. The van der Waals surface area contributed by atoms with E-state index in [4.69, 9.17) is 10.5 Å². The Labute approximate surface area is 180 Å². The van der Waals surface area contributed by atoms with Crippen molar-refractivity contribution in [3.05, 3.63) is 83.4 Å². The van der Waals surface area contributed by atoms with Gasteiger partial charge in [0.05, 0.1) is 6.42 Å². The number of nitrogens with one attached hydrogen (secondary N) is 1. The molecule has 0 spiro atoms. The zero-order valence-corrected chi connectivity index (χ0v) is 17.3. The van der Waals surface area contributed by atoms with Gasteiger partial charge in [0, 0.05) is 11.6 Å². The number of carbonyl (C=O) groups is 2. The molecule has 1 amide bonds. The Morgan fingerprint density at radius 2 is 1.90 bits per heavy atom. The van der Waals surface area contributed by atoms with Crippen LogP contribution < -0.4 is 11.1 Å². The van der Waals surface area contributed by atoms with Gasteiger partial charge in [-0.1, -0.05) is 48.5 Å². The van der Waals surface area contributed by atoms with E-state index in [1.807, 2.05) is 0 Å². The van der Waals surface area contributed by atoms with Crippen LogP contribution in [0.1, 0.15) is 41.3 Å². The third-order valence-corrected chi connectivity index (χ3v) is 5.39. The van der Waals surface area contributed by atoms with Crippen molar-refractivity contribution >= 4 is 11.9 Å². The van der Waals surface area contributed by atoms with Gasteiger partial charge in [0.25, 0.3) is 0 Å². The summed E-state index contributed by atoms with van der Waals surface area (Å²) in [6.07, 6.45) is 2.75. The summed E-state index contributed by atoms with van der Waals surface area (Å²) in [6.45, 7) is 1.38. The van der Waals surface area contributed by atoms with Crippen molar-refractivity contribution in [1.29, 1.82) is 0 Å². The zero-order chi connectivity index (χ0) is 22.4. The summed E-state index contributed by atoms with van der Waals surface area (Å²) < 4.78 is 21.4. The molecule has 1 saturated heterocycles. The van der Waals surface area contributed by atoms with Crippen LogP contribution in [-0.2, 0) is 21.6 Å². The minimum atomic E-state index is -1.96. The number of ether oxygens (including phenoxy) is 1. The van der Waals surface area contributed by atoms with E-state index in [-0.39, 0.29) is 12.5 Å². The first kappa shape index (κ1) is 22.7. The number of nitrogens with two attached hydrogens (primary N) is 1. The lowest BCUT2D eigenvalue weighted by Gasteiger charge is -2.29. The van der Waals surface area contributed by atoms with Crippen molar-refractivity contribution in [1.82, 2.24) is 5.32 Å². The van der Waals surface area contributed by atoms with Crippen LogP contribution in [-0.4, -0.2) is 35.4 Å². The van der Waals surface area contributed by atoms with Gasteiger partial charge >= 0.3 is 5.97 Å². The Morgan fingerprint density at radius 1 is 1.23 bits per heavy atom. The standard InChI is InChI=1S/C24H27FN2O4/c1-24(25,18-5-3-2-4-6-18)20(13-11-19-12-14-21(28)27-19)31-22(29)15-16-7-9-17(10-8-16)23(26)30/h2-11,13,19-21,27-28H,12,14-15H2,1H3,(H2,26,30)/b13-11+/t19-,20+,21?,24?/m0/s1. The number of amides is 1. The monoisotopic (exact) mass is 426 g/mol. The molecule has 0 radical (unpaired) electrons. The normalized spacial score (nSPS) is 21.5. The summed E-state index contributed by atoms with van der Waals surface area (Å²) in [6, 6.07) is 14.7. The molecule has 0 bridgehead atoms. The second kappa shape index (κ2) is 9.85. The van der Waals surface area contributed by atoms with E-state index in [0.717, 1.165) is 0 Å². The van der Waals surface area contributed by atoms with Crippen molar-refractivity contribution < 1.29 is 23.8 Å². The summed E-state index contributed by atoms with van der Waals surface area (Å²) in [4.78, 5) is 23.8. The Kier molecular flexibility index (Phi) is 7.20. The average molecular weight is 426 g/mol. The van der Waals surface area contributed by atoms with E-state index in [9.17, 15) is 14.7 Å². The summed E-state index contributed by atoms with van der Waals surface area (Å²) >= 11 is 0. The fraction of sp³-hybridized carbons (Fsp3) is 0.333. The summed E-state index contributed by atoms with van der Waals surface area (Å²) in [5.74, 6) is -1.15. The predicted octanol–water partition coefficient (Wildman–Crippen LogP) is 2.75. The number of benzene rings is 2. The molecule has 0 aromatic heterocycles. The quantitative estimate of drug-likeness (QED) is 0.445. The van der Waals surface area contributed by atoms with Crippen LogP contribution in [0.4, 0.5) is 4.39 Å². The van der Waals surface area contributed by atoms with Gasteiger partial charge in [-0.2, -0.15) is 0 Å². The number of aliphatic hydroxyl groups excluding tert-OH is 1. The molecule has 0 aliphatic carbocycles. The minimum Gasteiger partial charge on any atom is -0.454 e. The van der Waals surface area contributed by atoms with Crippen LogP contribution in [0.15, 0.2) is 66.7 Å². The van der Waals surface area contributed by atoms with E-state index in [1.165, 1.54) is 25.1 Å². The van der Waals surface area contributed by atoms with Gasteiger partial charge < -0.3 is 15.6 Å². The lowest BCUT2D eigenvalue weighted by atomic mass is 9.91. The van der Waals surface area contributed by atoms with E-state index >= 15 is 4.39 Å². The van der Waals surface area contributed by atoms with Gasteiger partial charge in [0.1, 0.15) is 6.23 Å². The average Bonchev–Trinajstić information content (AvgIpc) is 3.17. The summed E-state index contributed by atoms with van der Waals surface area (Å²) in [5.41, 5.74) is 4.62. The van der Waals surface area contributed by atoms with Crippen molar-refractivity contribution in [3.63, 3.8) is 0 Å². The Balaban J connectivity index is 1.76. The van der Waals surface area contributed by atoms with Gasteiger partial charge in [0.15, 0.2) is 11.8 Å². The molecule has 1 heterocycles. The molecule has 3 rings (SSSR count). The zero-order valence-electron chi connectivity index (χ0n) is 17.3. The Morgan fingerprint density at radius 3 is 2.48 bits per heavy atom. The third-order valence-electron chi connectivity index (χ3n) is 5.39. The van der Waals surface area contributed by atoms with E-state index in [2.05, 4.69) is 5.32 Å². The third kappa shape index (κ3) is 5.99. The smallest absolute Gasteiger partial charge is 0.310 e. The van der Waals surface area contributed by atoms with Crippen LogP contribution in [0.25, 0.3) is 0 Å². The number of esters is 1. The summed E-state index contributed by atoms with van der Waals surface area (Å²) in [7, 11) is 0. The number of halogens is 1. The highest BCUT2D eigenvalue weighted by atomic mass is 19.1. The summed E-state index contributed by atoms with van der Waals surface area (Å²) in [5, 5.41) is 12.6. The molecule has 1 aliphatic heterocycles. The number of primary amides is 1. The molecule has 0 saturated carbocycles. The maximum atomic E-state index is 15.8. The fourth-order valence-corrected chi connectivity index (χ4v) is 3.53. The maximum absolute atomic E-state index is 15.8. The molecule has 4 atom stereocenters. The van der Waals surface area contributed by atoms with Crippen LogP contribution in [0.2, 0.25) is 0 Å². The molecule has 31 heavy (non-hydrogen) atoms. The van der Waals surface area contributed by atoms with Crippen molar-refractivity contribution in [2.24, 2.45) is 5.73 Å². The van der Waals surface area contributed by atoms with Gasteiger partial charge in [-0.3, -0.25) is 14.9 Å². The Hall–Kier alpha value is -3.03. The molecule has 1 aliphatic rings. The molecule has 1 fully saturated rings. The number of hydrogen-bond acceptors (Lipinski definition) is 5. The van der Waals surface area contributed by atoms with Crippen LogP contribution in [0.5, 0.6) is 0 Å².